The Kier molecular flexibility index (Phi) is 6.26. The fourth-order valence-corrected chi connectivity index (χ4v) is 5.10. The minimum Gasteiger partial charge on any atom is -0.493 e. The summed E-state index contributed by atoms with van der Waals surface area (Å²) in [6.45, 7) is 0.287. The second-order valence-corrected chi connectivity index (χ2v) is 9.09. The highest BCUT2D eigenvalue weighted by Crippen LogP contribution is 2.33. The molecule has 0 radical (unpaired) electrons. The van der Waals surface area contributed by atoms with Crippen molar-refractivity contribution in [1.82, 2.24) is 4.31 Å². The fraction of sp³-hybridized carbons (Fsp3) is 0.316. The van der Waals surface area contributed by atoms with Crippen molar-refractivity contribution < 1.29 is 22.7 Å². The molecular formula is C19H21BrN2O5S. The fourth-order valence-electron chi connectivity index (χ4n) is 3.16. The maximum Gasteiger partial charge on any atom is 0.243 e. The summed E-state index contributed by atoms with van der Waals surface area (Å²) in [5, 5.41) is 2.79. The highest BCUT2D eigenvalue weighted by molar-refractivity contribution is 9.10. The summed E-state index contributed by atoms with van der Waals surface area (Å²) in [6.07, 6.45) is 1.08. The summed E-state index contributed by atoms with van der Waals surface area (Å²) < 4.78 is 38.8. The molecule has 150 valence electrons. The molecule has 0 aliphatic carbocycles. The largest absolute Gasteiger partial charge is 0.493 e. The number of hydrogen-bond acceptors (Lipinski definition) is 5. The van der Waals surface area contributed by atoms with Gasteiger partial charge in [0.2, 0.25) is 15.9 Å². The van der Waals surface area contributed by atoms with Crippen molar-refractivity contribution in [2.45, 2.75) is 23.8 Å². The van der Waals surface area contributed by atoms with Crippen LogP contribution in [0.1, 0.15) is 12.8 Å². The van der Waals surface area contributed by atoms with Gasteiger partial charge in [-0.15, -0.1) is 0 Å². The van der Waals surface area contributed by atoms with Crippen LogP contribution in [0.15, 0.2) is 51.8 Å². The maximum atomic E-state index is 13.2. The van der Waals surface area contributed by atoms with Gasteiger partial charge in [0.05, 0.1) is 19.1 Å². The number of benzene rings is 2. The molecule has 0 bridgehead atoms. The summed E-state index contributed by atoms with van der Waals surface area (Å²) in [7, 11) is -0.936. The lowest BCUT2D eigenvalue weighted by Gasteiger charge is -2.24. The van der Waals surface area contributed by atoms with Crippen LogP contribution in [-0.2, 0) is 14.8 Å². The molecule has 7 nitrogen and oxygen atoms in total. The Morgan fingerprint density at radius 3 is 2.43 bits per heavy atom. The summed E-state index contributed by atoms with van der Waals surface area (Å²) in [5.74, 6) is 0.412. The number of carbonyl (C=O) groups excluding carboxylic acids is 1. The van der Waals surface area contributed by atoms with Gasteiger partial charge in [-0.3, -0.25) is 4.79 Å². The van der Waals surface area contributed by atoms with Crippen LogP contribution in [0.3, 0.4) is 0 Å². The lowest BCUT2D eigenvalue weighted by atomic mass is 10.2. The lowest BCUT2D eigenvalue weighted by molar-refractivity contribution is -0.119. The number of carbonyl (C=O) groups is 1. The van der Waals surface area contributed by atoms with E-state index in [1.54, 1.807) is 18.2 Å². The van der Waals surface area contributed by atoms with Crippen LogP contribution in [-0.4, -0.2) is 45.4 Å². The first-order chi connectivity index (χ1) is 13.4. The quantitative estimate of drug-likeness (QED) is 0.702. The second kappa shape index (κ2) is 8.50. The summed E-state index contributed by atoms with van der Waals surface area (Å²) in [4.78, 5) is 12.8. The van der Waals surface area contributed by atoms with Crippen molar-refractivity contribution in [2.75, 3.05) is 26.1 Å². The van der Waals surface area contributed by atoms with E-state index in [9.17, 15) is 13.2 Å². The van der Waals surface area contributed by atoms with Crippen LogP contribution >= 0.6 is 15.9 Å². The number of anilines is 1. The van der Waals surface area contributed by atoms with E-state index in [4.69, 9.17) is 9.47 Å². The van der Waals surface area contributed by atoms with E-state index in [1.165, 1.54) is 30.7 Å². The molecule has 2 aromatic carbocycles. The molecular weight excluding hydrogens is 448 g/mol. The topological polar surface area (TPSA) is 84.9 Å². The van der Waals surface area contributed by atoms with E-state index in [-0.39, 0.29) is 17.3 Å². The Morgan fingerprint density at radius 2 is 1.79 bits per heavy atom. The molecule has 1 atom stereocenters. The number of rotatable bonds is 6. The van der Waals surface area contributed by atoms with Gasteiger partial charge in [-0.25, -0.2) is 8.42 Å². The normalized spacial score (nSPS) is 17.3. The number of halogens is 1. The Hall–Kier alpha value is -2.10. The van der Waals surface area contributed by atoms with Crippen LogP contribution in [0.25, 0.3) is 0 Å². The number of sulfonamides is 1. The molecule has 1 saturated heterocycles. The van der Waals surface area contributed by atoms with Gasteiger partial charge in [-0.2, -0.15) is 4.31 Å². The third kappa shape index (κ3) is 4.16. The van der Waals surface area contributed by atoms with Crippen LogP contribution in [0.2, 0.25) is 0 Å². The van der Waals surface area contributed by atoms with E-state index < -0.39 is 16.1 Å². The van der Waals surface area contributed by atoms with E-state index in [0.717, 1.165) is 4.47 Å². The standard InChI is InChI=1S/C19H21BrN2O5S/c1-26-17-10-9-15(12-18(17)27-2)28(24,25)22-11-3-4-16(22)19(23)21-14-7-5-13(20)6-8-14/h5-10,12,16H,3-4,11H2,1-2H3,(H,21,23). The molecule has 0 saturated carbocycles. The number of ether oxygens (including phenoxy) is 2. The lowest BCUT2D eigenvalue weighted by Crippen LogP contribution is -2.43. The summed E-state index contributed by atoms with van der Waals surface area (Å²) in [5.41, 5.74) is 0.614. The predicted octanol–water partition coefficient (Wildman–Crippen LogP) is 3.26. The zero-order valence-electron chi connectivity index (χ0n) is 15.5. The van der Waals surface area contributed by atoms with E-state index in [2.05, 4.69) is 21.2 Å². The number of amides is 1. The average Bonchev–Trinajstić information content (AvgIpc) is 3.20. The van der Waals surface area contributed by atoms with Gasteiger partial charge in [-0.05, 0) is 49.2 Å². The van der Waals surface area contributed by atoms with E-state index >= 15 is 0 Å². The van der Waals surface area contributed by atoms with Crippen molar-refractivity contribution in [3.8, 4) is 11.5 Å². The first-order valence-corrected chi connectivity index (χ1v) is 10.9. The third-order valence-electron chi connectivity index (χ3n) is 4.58. The van der Waals surface area contributed by atoms with Gasteiger partial charge in [0.1, 0.15) is 6.04 Å². The molecule has 3 rings (SSSR count). The second-order valence-electron chi connectivity index (χ2n) is 6.29. The van der Waals surface area contributed by atoms with Gasteiger partial charge < -0.3 is 14.8 Å². The number of nitrogens with zero attached hydrogens (tertiary/aromatic N) is 1. The molecule has 9 heteroatoms. The smallest absolute Gasteiger partial charge is 0.243 e. The predicted molar refractivity (Wildman–Crippen MR) is 109 cm³/mol. The number of nitrogens with one attached hydrogen (secondary N) is 1. The summed E-state index contributed by atoms with van der Waals surface area (Å²) in [6, 6.07) is 10.8. The Balaban J connectivity index is 1.84. The van der Waals surface area contributed by atoms with Crippen molar-refractivity contribution >= 4 is 37.5 Å². The van der Waals surface area contributed by atoms with Crippen LogP contribution in [0, 0.1) is 0 Å². The van der Waals surface area contributed by atoms with Crippen LogP contribution in [0.5, 0.6) is 11.5 Å². The molecule has 1 N–H and O–H groups in total. The zero-order valence-corrected chi connectivity index (χ0v) is 17.9. The molecule has 0 aromatic heterocycles. The first kappa shape index (κ1) is 20.6. The van der Waals surface area contributed by atoms with Gasteiger partial charge in [0, 0.05) is 22.8 Å². The molecule has 1 heterocycles. The highest BCUT2D eigenvalue weighted by atomic mass is 79.9. The third-order valence-corrected chi connectivity index (χ3v) is 7.01. The SMILES string of the molecule is COc1ccc(S(=O)(=O)N2CCCC2C(=O)Nc2ccc(Br)cc2)cc1OC. The average molecular weight is 469 g/mol. The monoisotopic (exact) mass is 468 g/mol. The molecule has 0 spiro atoms. The van der Waals surface area contributed by atoms with Crippen molar-refractivity contribution in [3.63, 3.8) is 0 Å². The zero-order chi connectivity index (χ0) is 20.3. The molecule has 1 amide bonds. The molecule has 2 aromatic rings. The molecule has 1 aliphatic heterocycles. The molecule has 28 heavy (non-hydrogen) atoms. The van der Waals surface area contributed by atoms with Gasteiger partial charge >= 0.3 is 0 Å². The Morgan fingerprint density at radius 1 is 1.11 bits per heavy atom. The first-order valence-electron chi connectivity index (χ1n) is 8.67. The van der Waals surface area contributed by atoms with Crippen LogP contribution in [0.4, 0.5) is 5.69 Å². The van der Waals surface area contributed by atoms with Crippen molar-refractivity contribution in [3.05, 3.63) is 46.9 Å². The Labute approximate surface area is 172 Å². The minimum absolute atomic E-state index is 0.0634. The number of hydrogen-bond donors (Lipinski definition) is 1. The van der Waals surface area contributed by atoms with E-state index in [1.807, 2.05) is 12.1 Å². The number of methoxy groups -OCH3 is 2. The van der Waals surface area contributed by atoms with E-state index in [0.29, 0.717) is 30.0 Å². The van der Waals surface area contributed by atoms with Crippen LogP contribution < -0.4 is 14.8 Å². The molecule has 1 fully saturated rings. The van der Waals surface area contributed by atoms with Gasteiger partial charge in [-0.1, -0.05) is 15.9 Å². The molecule has 1 aliphatic rings. The Bertz CT molecular complexity index is 963. The van der Waals surface area contributed by atoms with Crippen molar-refractivity contribution in [1.29, 1.82) is 0 Å². The van der Waals surface area contributed by atoms with Gasteiger partial charge in [0.25, 0.3) is 0 Å². The van der Waals surface area contributed by atoms with Crippen molar-refractivity contribution in [2.24, 2.45) is 0 Å². The minimum atomic E-state index is -3.86. The van der Waals surface area contributed by atoms with Gasteiger partial charge in [0.15, 0.2) is 11.5 Å². The maximum absolute atomic E-state index is 13.2. The summed E-state index contributed by atoms with van der Waals surface area (Å²) >= 11 is 3.34. The highest BCUT2D eigenvalue weighted by Gasteiger charge is 2.39. The molecule has 1 unspecified atom stereocenters.